The molecule has 0 aromatic heterocycles. The van der Waals surface area contributed by atoms with Gasteiger partial charge >= 0.3 is 0 Å². The first kappa shape index (κ1) is 13.8. The van der Waals surface area contributed by atoms with Crippen LogP contribution in [0.1, 0.15) is 31.7 Å². The molecule has 1 fully saturated rings. The molecule has 2 atom stereocenters. The van der Waals surface area contributed by atoms with E-state index in [0.29, 0.717) is 12.5 Å². The Morgan fingerprint density at radius 1 is 1.32 bits per heavy atom. The summed E-state index contributed by atoms with van der Waals surface area (Å²) in [5.41, 5.74) is 0.187. The Labute approximate surface area is 112 Å². The molecule has 1 aromatic carbocycles. The molecule has 0 radical (unpaired) electrons. The van der Waals surface area contributed by atoms with Crippen LogP contribution in [0.2, 0.25) is 0 Å². The quantitative estimate of drug-likeness (QED) is 0.649. The van der Waals surface area contributed by atoms with E-state index in [1.54, 1.807) is 0 Å². The number of nitrogens with zero attached hydrogens (tertiary/aromatic N) is 1. The Morgan fingerprint density at radius 2 is 2.00 bits per heavy atom. The minimum Gasteiger partial charge on any atom is -0.357 e. The minimum absolute atomic E-state index is 0.0516. The van der Waals surface area contributed by atoms with Crippen molar-refractivity contribution in [3.05, 3.63) is 35.4 Å². The highest BCUT2D eigenvalue weighted by Crippen LogP contribution is 2.42. The van der Waals surface area contributed by atoms with Crippen molar-refractivity contribution in [1.82, 2.24) is 10.6 Å². The third kappa shape index (κ3) is 3.22. The predicted octanol–water partition coefficient (Wildman–Crippen LogP) is 2.40. The van der Waals surface area contributed by atoms with Gasteiger partial charge in [-0.15, -0.1) is 0 Å². The summed E-state index contributed by atoms with van der Waals surface area (Å²) in [6.45, 7) is 5.35. The second kappa shape index (κ2) is 5.99. The molecule has 0 aliphatic heterocycles. The third-order valence-corrected chi connectivity index (χ3v) is 3.14. The van der Waals surface area contributed by atoms with Crippen molar-refractivity contribution in [2.45, 2.75) is 32.2 Å². The average Bonchev–Trinajstić information content (AvgIpc) is 3.08. The first-order valence-electron chi connectivity index (χ1n) is 6.66. The molecule has 5 heteroatoms. The fourth-order valence-electron chi connectivity index (χ4n) is 2.19. The number of aliphatic imine (C=N–C) groups is 1. The van der Waals surface area contributed by atoms with Gasteiger partial charge in [-0.3, -0.25) is 4.99 Å². The molecule has 0 saturated heterocycles. The second-order valence-electron chi connectivity index (χ2n) is 4.58. The molecule has 1 aromatic rings. The van der Waals surface area contributed by atoms with Gasteiger partial charge in [0, 0.05) is 30.6 Å². The number of halogens is 2. The first-order valence-corrected chi connectivity index (χ1v) is 6.66. The van der Waals surface area contributed by atoms with Crippen molar-refractivity contribution in [2.24, 2.45) is 4.99 Å². The van der Waals surface area contributed by atoms with Crippen molar-refractivity contribution < 1.29 is 8.78 Å². The van der Waals surface area contributed by atoms with Crippen molar-refractivity contribution >= 4 is 5.96 Å². The molecule has 0 spiro atoms. The van der Waals surface area contributed by atoms with Crippen LogP contribution in [0, 0.1) is 11.6 Å². The molecule has 3 nitrogen and oxygen atoms in total. The standard InChI is InChI=1S/C14H19F2N3/c1-3-17-14(18-4-2)19-12-8-9(12)13-10(15)6-5-7-11(13)16/h5-7,9,12H,3-4,8H2,1-2H3,(H2,17,18,19). The van der Waals surface area contributed by atoms with E-state index in [2.05, 4.69) is 15.6 Å². The van der Waals surface area contributed by atoms with E-state index in [4.69, 9.17) is 0 Å². The van der Waals surface area contributed by atoms with Gasteiger partial charge in [0.2, 0.25) is 0 Å². The first-order chi connectivity index (χ1) is 9.17. The molecule has 2 N–H and O–H groups in total. The number of rotatable bonds is 4. The van der Waals surface area contributed by atoms with Crippen LogP contribution in [0.25, 0.3) is 0 Å². The summed E-state index contributed by atoms with van der Waals surface area (Å²) in [7, 11) is 0. The number of guanidine groups is 1. The van der Waals surface area contributed by atoms with Gasteiger partial charge in [-0.2, -0.15) is 0 Å². The van der Waals surface area contributed by atoms with E-state index >= 15 is 0 Å². The van der Waals surface area contributed by atoms with Crippen LogP contribution in [0.15, 0.2) is 23.2 Å². The highest BCUT2D eigenvalue weighted by atomic mass is 19.1. The molecule has 0 bridgehead atoms. The smallest absolute Gasteiger partial charge is 0.191 e. The van der Waals surface area contributed by atoms with Crippen molar-refractivity contribution in [2.75, 3.05) is 13.1 Å². The van der Waals surface area contributed by atoms with Gasteiger partial charge in [-0.25, -0.2) is 8.78 Å². The predicted molar refractivity (Wildman–Crippen MR) is 72.3 cm³/mol. The van der Waals surface area contributed by atoms with E-state index < -0.39 is 11.6 Å². The zero-order valence-corrected chi connectivity index (χ0v) is 11.2. The Bertz CT molecular complexity index is 454. The van der Waals surface area contributed by atoms with Crippen LogP contribution >= 0.6 is 0 Å². The zero-order valence-electron chi connectivity index (χ0n) is 11.2. The highest BCUT2D eigenvalue weighted by molar-refractivity contribution is 5.80. The van der Waals surface area contributed by atoms with Gasteiger partial charge in [0.1, 0.15) is 11.6 Å². The summed E-state index contributed by atoms with van der Waals surface area (Å²) in [4.78, 5) is 4.27. The van der Waals surface area contributed by atoms with Crippen molar-refractivity contribution in [3.63, 3.8) is 0 Å². The molecule has 0 amide bonds. The van der Waals surface area contributed by atoms with Gasteiger partial charge in [0.25, 0.3) is 0 Å². The van der Waals surface area contributed by atoms with Crippen molar-refractivity contribution in [3.8, 4) is 0 Å². The number of hydrogen-bond donors (Lipinski definition) is 2. The molecule has 1 saturated carbocycles. The molecule has 2 rings (SSSR count). The van der Waals surface area contributed by atoms with Crippen LogP contribution < -0.4 is 10.6 Å². The molecule has 1 aliphatic rings. The topological polar surface area (TPSA) is 36.4 Å². The number of hydrogen-bond acceptors (Lipinski definition) is 1. The van der Waals surface area contributed by atoms with Crippen LogP contribution in [0.3, 0.4) is 0 Å². The largest absolute Gasteiger partial charge is 0.357 e. The molecule has 0 heterocycles. The molecule has 2 unspecified atom stereocenters. The van der Waals surface area contributed by atoms with Crippen LogP contribution in [0.5, 0.6) is 0 Å². The molecular formula is C14H19F2N3. The summed E-state index contributed by atoms with van der Waals surface area (Å²) < 4.78 is 27.3. The minimum atomic E-state index is -0.466. The van der Waals surface area contributed by atoms with E-state index in [1.165, 1.54) is 18.2 Å². The zero-order chi connectivity index (χ0) is 13.8. The van der Waals surface area contributed by atoms with Gasteiger partial charge in [-0.05, 0) is 32.4 Å². The maximum Gasteiger partial charge on any atom is 0.191 e. The van der Waals surface area contributed by atoms with Gasteiger partial charge in [-0.1, -0.05) is 6.07 Å². The van der Waals surface area contributed by atoms with E-state index in [9.17, 15) is 8.78 Å². The number of nitrogens with one attached hydrogen (secondary N) is 2. The summed E-state index contributed by atoms with van der Waals surface area (Å²) in [6.07, 6.45) is 0.728. The fraction of sp³-hybridized carbons (Fsp3) is 0.500. The second-order valence-corrected chi connectivity index (χ2v) is 4.58. The Balaban J connectivity index is 2.03. The maximum atomic E-state index is 13.6. The number of benzene rings is 1. The lowest BCUT2D eigenvalue weighted by Crippen LogP contribution is -2.39. The molecule has 1 aliphatic carbocycles. The monoisotopic (exact) mass is 267 g/mol. The van der Waals surface area contributed by atoms with Gasteiger partial charge in [0.05, 0.1) is 0 Å². The summed E-state index contributed by atoms with van der Waals surface area (Å²) in [6, 6.07) is 4.05. The molecule has 19 heavy (non-hydrogen) atoms. The average molecular weight is 267 g/mol. The van der Waals surface area contributed by atoms with Crippen LogP contribution in [0.4, 0.5) is 8.78 Å². The Kier molecular flexibility index (Phi) is 4.35. The SMILES string of the molecule is CCN=C(NCC)NC1CC1c1c(F)cccc1F. The summed E-state index contributed by atoms with van der Waals surface area (Å²) in [5, 5.41) is 6.31. The van der Waals surface area contributed by atoms with E-state index in [0.717, 1.165) is 13.0 Å². The van der Waals surface area contributed by atoms with E-state index in [1.807, 2.05) is 13.8 Å². The third-order valence-electron chi connectivity index (χ3n) is 3.14. The van der Waals surface area contributed by atoms with Crippen LogP contribution in [-0.4, -0.2) is 25.1 Å². The molecular weight excluding hydrogens is 248 g/mol. The van der Waals surface area contributed by atoms with Crippen LogP contribution in [-0.2, 0) is 0 Å². The van der Waals surface area contributed by atoms with Crippen molar-refractivity contribution in [1.29, 1.82) is 0 Å². The van der Waals surface area contributed by atoms with Gasteiger partial charge < -0.3 is 10.6 Å². The van der Waals surface area contributed by atoms with E-state index in [-0.39, 0.29) is 17.5 Å². The normalized spacial score (nSPS) is 22.2. The lowest BCUT2D eigenvalue weighted by atomic mass is 10.1. The maximum absolute atomic E-state index is 13.6. The summed E-state index contributed by atoms with van der Waals surface area (Å²) in [5.74, 6) is -0.338. The fourth-order valence-corrected chi connectivity index (χ4v) is 2.19. The highest BCUT2D eigenvalue weighted by Gasteiger charge is 2.42. The lowest BCUT2D eigenvalue weighted by Gasteiger charge is -2.11. The Morgan fingerprint density at radius 3 is 2.58 bits per heavy atom. The molecule has 104 valence electrons. The summed E-state index contributed by atoms with van der Waals surface area (Å²) >= 11 is 0. The lowest BCUT2D eigenvalue weighted by molar-refractivity contribution is 0.553. The Hall–Kier alpha value is -1.65. The van der Waals surface area contributed by atoms with Gasteiger partial charge in [0.15, 0.2) is 5.96 Å².